The third kappa shape index (κ3) is 1.93. The van der Waals surface area contributed by atoms with Gasteiger partial charge in [0.05, 0.1) is 5.39 Å². The lowest BCUT2D eigenvalue weighted by Gasteiger charge is -2.10. The molecule has 0 amide bonds. The Morgan fingerprint density at radius 1 is 1.24 bits per heavy atom. The third-order valence-electron chi connectivity index (χ3n) is 2.97. The smallest absolute Gasteiger partial charge is 0.339 e. The molecule has 1 N–H and O–H groups in total. The first-order valence-corrected chi connectivity index (χ1v) is 5.95. The van der Waals surface area contributed by atoms with Crippen molar-refractivity contribution in [2.45, 2.75) is 33.1 Å². The summed E-state index contributed by atoms with van der Waals surface area (Å²) in [6, 6.07) is 5.03. The second-order valence-corrected chi connectivity index (χ2v) is 4.10. The maximum Gasteiger partial charge on any atom is 0.339 e. The Labute approximate surface area is 99.7 Å². The number of aromatic hydroxyl groups is 1. The van der Waals surface area contributed by atoms with Crippen molar-refractivity contribution in [3.63, 3.8) is 0 Å². The third-order valence-corrected chi connectivity index (χ3v) is 2.97. The number of hydrogen-bond donors (Lipinski definition) is 1. The van der Waals surface area contributed by atoms with E-state index in [0.717, 1.165) is 18.4 Å². The van der Waals surface area contributed by atoms with Crippen LogP contribution in [0.3, 0.4) is 0 Å². The van der Waals surface area contributed by atoms with Crippen LogP contribution in [0.25, 0.3) is 11.0 Å². The van der Waals surface area contributed by atoms with E-state index in [1.807, 2.05) is 6.92 Å². The number of benzene rings is 1. The summed E-state index contributed by atoms with van der Waals surface area (Å²) in [5.41, 5.74) is 1.80. The minimum absolute atomic E-state index is 0.185. The van der Waals surface area contributed by atoms with E-state index in [9.17, 15) is 9.90 Å². The highest BCUT2D eigenvalue weighted by atomic mass is 16.4. The Bertz CT molecular complexity index is 596. The first-order chi connectivity index (χ1) is 8.19. The molecule has 1 aromatic carbocycles. The molecular formula is C14H16O3. The molecule has 0 aliphatic carbocycles. The van der Waals surface area contributed by atoms with E-state index in [1.54, 1.807) is 18.2 Å². The van der Waals surface area contributed by atoms with Crippen LogP contribution in [-0.2, 0) is 12.8 Å². The number of fused-ring (bicyclic) bond motifs is 1. The highest BCUT2D eigenvalue weighted by Gasteiger charge is 2.14. The van der Waals surface area contributed by atoms with Crippen molar-refractivity contribution in [3.8, 4) is 5.75 Å². The van der Waals surface area contributed by atoms with Crippen molar-refractivity contribution in [3.05, 3.63) is 39.7 Å². The van der Waals surface area contributed by atoms with E-state index < -0.39 is 0 Å². The van der Waals surface area contributed by atoms with Crippen molar-refractivity contribution in [1.29, 1.82) is 0 Å². The van der Waals surface area contributed by atoms with Gasteiger partial charge < -0.3 is 9.52 Å². The van der Waals surface area contributed by atoms with Crippen LogP contribution in [0.15, 0.2) is 27.4 Å². The molecule has 2 rings (SSSR count). The normalized spacial score (nSPS) is 10.9. The molecule has 0 aliphatic heterocycles. The van der Waals surface area contributed by atoms with E-state index in [4.69, 9.17) is 4.42 Å². The lowest BCUT2D eigenvalue weighted by Crippen LogP contribution is -2.11. The van der Waals surface area contributed by atoms with Crippen LogP contribution in [0, 0.1) is 0 Å². The summed E-state index contributed by atoms with van der Waals surface area (Å²) in [6.45, 7) is 3.98. The van der Waals surface area contributed by atoms with E-state index in [2.05, 4.69) is 6.92 Å². The zero-order valence-electron chi connectivity index (χ0n) is 10.1. The molecule has 3 nitrogen and oxygen atoms in total. The zero-order valence-corrected chi connectivity index (χ0v) is 10.1. The molecule has 0 unspecified atom stereocenters. The molecule has 3 heteroatoms. The van der Waals surface area contributed by atoms with Crippen molar-refractivity contribution in [2.75, 3.05) is 0 Å². The van der Waals surface area contributed by atoms with Crippen LogP contribution < -0.4 is 5.63 Å². The lowest BCUT2D eigenvalue weighted by atomic mass is 9.98. The van der Waals surface area contributed by atoms with Crippen LogP contribution >= 0.6 is 0 Å². The van der Waals surface area contributed by atoms with E-state index in [0.29, 0.717) is 23.0 Å². The van der Waals surface area contributed by atoms with Crippen LogP contribution in [0.5, 0.6) is 5.75 Å². The van der Waals surface area contributed by atoms with Gasteiger partial charge in [-0.2, -0.15) is 0 Å². The van der Waals surface area contributed by atoms with Gasteiger partial charge in [0.25, 0.3) is 0 Å². The molecule has 0 aliphatic rings. The Kier molecular flexibility index (Phi) is 3.18. The average molecular weight is 232 g/mol. The second kappa shape index (κ2) is 4.62. The molecule has 90 valence electrons. The highest BCUT2D eigenvalue weighted by Crippen LogP contribution is 2.29. The summed E-state index contributed by atoms with van der Waals surface area (Å²) < 4.78 is 5.24. The van der Waals surface area contributed by atoms with Gasteiger partial charge in [-0.05, 0) is 30.5 Å². The van der Waals surface area contributed by atoms with Gasteiger partial charge >= 0.3 is 5.63 Å². The number of rotatable bonds is 3. The lowest BCUT2D eigenvalue weighted by molar-refractivity contribution is 0.477. The van der Waals surface area contributed by atoms with E-state index in [-0.39, 0.29) is 11.4 Å². The summed E-state index contributed by atoms with van der Waals surface area (Å²) in [5.74, 6) is 0.185. The van der Waals surface area contributed by atoms with Gasteiger partial charge in [0.15, 0.2) is 0 Å². The largest absolute Gasteiger partial charge is 0.507 e. The predicted octanol–water partition coefficient (Wildman–Crippen LogP) is 3.01. The van der Waals surface area contributed by atoms with Gasteiger partial charge in [-0.25, -0.2) is 4.79 Å². The summed E-state index contributed by atoms with van der Waals surface area (Å²) in [5, 5.41) is 10.6. The fourth-order valence-corrected chi connectivity index (χ4v) is 2.23. The summed E-state index contributed by atoms with van der Waals surface area (Å²) in [6.07, 6.45) is 2.34. The van der Waals surface area contributed by atoms with E-state index >= 15 is 0 Å². The van der Waals surface area contributed by atoms with Gasteiger partial charge in [0.2, 0.25) is 0 Å². The number of hydrogen-bond acceptors (Lipinski definition) is 3. The molecule has 1 heterocycles. The first kappa shape index (κ1) is 11.7. The summed E-state index contributed by atoms with van der Waals surface area (Å²) >= 11 is 0. The molecule has 0 atom stereocenters. The van der Waals surface area contributed by atoms with Gasteiger partial charge in [-0.15, -0.1) is 0 Å². The topological polar surface area (TPSA) is 50.4 Å². The van der Waals surface area contributed by atoms with Gasteiger partial charge in [0.1, 0.15) is 11.3 Å². The van der Waals surface area contributed by atoms with Crippen molar-refractivity contribution >= 4 is 11.0 Å². The Morgan fingerprint density at radius 3 is 2.65 bits per heavy atom. The Morgan fingerprint density at radius 2 is 2.00 bits per heavy atom. The van der Waals surface area contributed by atoms with Crippen LogP contribution in [-0.4, -0.2) is 5.11 Å². The molecule has 0 fully saturated rings. The van der Waals surface area contributed by atoms with Crippen LogP contribution in [0.2, 0.25) is 0 Å². The predicted molar refractivity (Wildman–Crippen MR) is 67.5 cm³/mol. The molecule has 0 bridgehead atoms. The minimum atomic E-state index is -0.283. The standard InChI is InChI=1S/C14H16O3/c1-3-6-10-9(4-2)14(16)17-12-8-5-7-11(15)13(10)12/h5,7-8,15H,3-4,6H2,1-2H3. The summed E-state index contributed by atoms with van der Waals surface area (Å²) in [7, 11) is 0. The molecular weight excluding hydrogens is 216 g/mol. The molecule has 0 saturated carbocycles. The Hall–Kier alpha value is -1.77. The monoisotopic (exact) mass is 232 g/mol. The molecule has 2 aromatic rings. The van der Waals surface area contributed by atoms with Crippen molar-refractivity contribution < 1.29 is 9.52 Å². The summed E-state index contributed by atoms with van der Waals surface area (Å²) in [4.78, 5) is 11.8. The SMILES string of the molecule is CCCc1c(CC)c(=O)oc2cccc(O)c12. The maximum atomic E-state index is 11.8. The van der Waals surface area contributed by atoms with Gasteiger partial charge in [0, 0.05) is 5.56 Å². The van der Waals surface area contributed by atoms with Crippen LogP contribution in [0.1, 0.15) is 31.4 Å². The van der Waals surface area contributed by atoms with Gasteiger partial charge in [-0.3, -0.25) is 0 Å². The molecule has 0 saturated heterocycles. The fraction of sp³-hybridized carbons (Fsp3) is 0.357. The van der Waals surface area contributed by atoms with E-state index in [1.165, 1.54) is 0 Å². The number of aryl methyl sites for hydroxylation is 1. The number of phenolic OH excluding ortho intramolecular Hbond substituents is 1. The molecule has 0 spiro atoms. The maximum absolute atomic E-state index is 11.8. The fourth-order valence-electron chi connectivity index (χ4n) is 2.23. The molecule has 17 heavy (non-hydrogen) atoms. The van der Waals surface area contributed by atoms with Crippen molar-refractivity contribution in [2.24, 2.45) is 0 Å². The minimum Gasteiger partial charge on any atom is -0.507 e. The first-order valence-electron chi connectivity index (χ1n) is 5.95. The zero-order chi connectivity index (χ0) is 12.4. The van der Waals surface area contributed by atoms with Crippen LogP contribution in [0.4, 0.5) is 0 Å². The second-order valence-electron chi connectivity index (χ2n) is 4.10. The Balaban J connectivity index is 2.90. The van der Waals surface area contributed by atoms with Crippen molar-refractivity contribution in [1.82, 2.24) is 0 Å². The number of phenols is 1. The molecule has 0 radical (unpaired) electrons. The highest BCUT2D eigenvalue weighted by molar-refractivity contribution is 5.87. The molecule has 1 aromatic heterocycles. The quantitative estimate of drug-likeness (QED) is 0.827. The average Bonchev–Trinajstić information content (AvgIpc) is 2.29. The van der Waals surface area contributed by atoms with Gasteiger partial charge in [-0.1, -0.05) is 26.3 Å².